The number of rotatable bonds is 6. The van der Waals surface area contributed by atoms with Crippen molar-refractivity contribution in [3.63, 3.8) is 0 Å². The largest absolute Gasteiger partial charge is 0.308 e. The van der Waals surface area contributed by atoms with E-state index in [4.69, 9.17) is 10.2 Å². The fourth-order valence-electron chi connectivity index (χ4n) is 12.3. The summed E-state index contributed by atoms with van der Waals surface area (Å²) < 4.78 is 7.67. The second-order valence-electron chi connectivity index (χ2n) is 19.0. The summed E-state index contributed by atoms with van der Waals surface area (Å²) in [6, 6.07) is 81.8. The van der Waals surface area contributed by atoms with E-state index in [0.717, 1.165) is 106 Å². The lowest BCUT2D eigenvalue weighted by Gasteiger charge is -2.22. The van der Waals surface area contributed by atoms with Gasteiger partial charge >= 0.3 is 0 Å². The van der Waals surface area contributed by atoms with Crippen molar-refractivity contribution in [2.45, 2.75) is 0 Å². The number of benzene rings is 9. The minimum absolute atomic E-state index is 0.752. The van der Waals surface area contributed by atoms with Gasteiger partial charge in [0.05, 0.1) is 61.6 Å². The Labute approximate surface area is 418 Å². The highest BCUT2D eigenvalue weighted by Gasteiger charge is 2.44. The minimum atomic E-state index is 0.752. The zero-order valence-electron chi connectivity index (χ0n) is 39.1. The van der Waals surface area contributed by atoms with Crippen LogP contribution in [0.25, 0.3) is 127 Å². The topological polar surface area (TPSA) is 66.3 Å². The summed E-state index contributed by atoms with van der Waals surface area (Å²) >= 11 is 0. The summed E-state index contributed by atoms with van der Waals surface area (Å²) in [6.07, 6.45) is 3.46. The molecule has 73 heavy (non-hydrogen) atoms. The van der Waals surface area contributed by atoms with Crippen molar-refractivity contribution in [2.75, 3.05) is 0 Å². The van der Waals surface area contributed by atoms with Crippen LogP contribution in [0, 0.1) is 0 Å². The molecule has 0 fully saturated rings. The molecule has 0 atom stereocenters. The number of nitrogens with zero attached hydrogens (tertiary/aromatic N) is 7. The standard InChI is InChI=1S/C66H39N7/c1-2-18-41-37-42(34-33-40(41)17-1)61-62-51-38-49(53-25-15-35-67-69-53)50(54-26-16-36-68-70-54)39-52(51)64(71-55-27-9-3-19-43(55)44-20-4-10-28-56(44)71)63(62)66(73-59-31-13-7-23-47(59)48-24-8-14-32-60(48)73)65(61)72-57-29-11-5-21-45(57)46-22-6-12-30-58(46)72/h1-39H. The van der Waals surface area contributed by atoms with Crippen molar-refractivity contribution >= 4 is 104 Å². The molecule has 5 aromatic heterocycles. The van der Waals surface area contributed by atoms with E-state index < -0.39 is 0 Å². The smallest absolute Gasteiger partial charge is 0.0936 e. The number of allylic oxidation sites excluding steroid dienone is 5. The Morgan fingerprint density at radius 2 is 0.644 bits per heavy atom. The molecule has 0 radical (unpaired) electrons. The molecule has 2 aliphatic rings. The molecule has 0 N–H and O–H groups in total. The van der Waals surface area contributed by atoms with Gasteiger partial charge in [0.2, 0.25) is 0 Å². The zero-order valence-corrected chi connectivity index (χ0v) is 39.1. The highest BCUT2D eigenvalue weighted by molar-refractivity contribution is 6.37. The number of hydrogen-bond donors (Lipinski definition) is 0. The number of para-hydroxylation sites is 6. The first kappa shape index (κ1) is 39.8. The lowest BCUT2D eigenvalue weighted by Crippen LogP contribution is -2.08. The first-order valence-electron chi connectivity index (χ1n) is 24.7. The lowest BCUT2D eigenvalue weighted by atomic mass is 9.90. The van der Waals surface area contributed by atoms with Gasteiger partial charge in [-0.3, -0.25) is 0 Å². The summed E-state index contributed by atoms with van der Waals surface area (Å²) in [7, 11) is 0. The molecule has 0 aliphatic heterocycles. The molecule has 9 aromatic carbocycles. The monoisotopic (exact) mass is 929 g/mol. The molecule has 14 aromatic rings. The molecule has 0 bridgehead atoms. The lowest BCUT2D eigenvalue weighted by molar-refractivity contribution is 1.03. The van der Waals surface area contributed by atoms with Crippen molar-refractivity contribution < 1.29 is 0 Å². The van der Waals surface area contributed by atoms with Crippen molar-refractivity contribution in [3.05, 3.63) is 259 Å². The van der Waals surface area contributed by atoms with Crippen LogP contribution in [-0.4, -0.2) is 34.1 Å². The average Bonchev–Trinajstić information content (AvgIpc) is 4.25. The van der Waals surface area contributed by atoms with Gasteiger partial charge in [-0.2, -0.15) is 20.4 Å². The predicted molar refractivity (Wildman–Crippen MR) is 299 cm³/mol. The van der Waals surface area contributed by atoms with Crippen LogP contribution in [0.2, 0.25) is 0 Å². The van der Waals surface area contributed by atoms with Gasteiger partial charge in [0.15, 0.2) is 0 Å². The van der Waals surface area contributed by atoms with Gasteiger partial charge in [-0.25, -0.2) is 0 Å². The second-order valence-corrected chi connectivity index (χ2v) is 19.0. The Hall–Kier alpha value is -9.98. The summed E-state index contributed by atoms with van der Waals surface area (Å²) in [6.45, 7) is 0. The Kier molecular flexibility index (Phi) is 8.32. The fourth-order valence-corrected chi connectivity index (χ4v) is 12.3. The van der Waals surface area contributed by atoms with E-state index in [2.05, 4.69) is 224 Å². The van der Waals surface area contributed by atoms with Crippen LogP contribution >= 0.6 is 0 Å². The van der Waals surface area contributed by atoms with E-state index in [9.17, 15) is 0 Å². The van der Waals surface area contributed by atoms with E-state index in [1.54, 1.807) is 12.4 Å². The third-order valence-electron chi connectivity index (χ3n) is 15.3. The first-order chi connectivity index (χ1) is 36.3. The highest BCUT2D eigenvalue weighted by atomic mass is 15.1. The predicted octanol–water partition coefficient (Wildman–Crippen LogP) is 15.8. The van der Waals surface area contributed by atoms with E-state index in [1.807, 2.05) is 24.3 Å². The maximum Gasteiger partial charge on any atom is 0.0936 e. The molecular formula is C66H39N7. The maximum absolute atomic E-state index is 4.80. The van der Waals surface area contributed by atoms with Gasteiger partial charge in [-0.05, 0) is 101 Å². The Morgan fingerprint density at radius 3 is 1.08 bits per heavy atom. The highest BCUT2D eigenvalue weighted by Crippen LogP contribution is 2.62. The molecule has 16 rings (SSSR count). The van der Waals surface area contributed by atoms with E-state index in [-0.39, 0.29) is 0 Å². The van der Waals surface area contributed by atoms with Crippen LogP contribution < -0.4 is 0 Å². The number of aromatic nitrogens is 7. The van der Waals surface area contributed by atoms with Gasteiger partial charge in [0.1, 0.15) is 0 Å². The van der Waals surface area contributed by atoms with Gasteiger partial charge in [0.25, 0.3) is 0 Å². The Bertz CT molecular complexity index is 4620. The molecule has 7 heteroatoms. The van der Waals surface area contributed by atoms with Crippen molar-refractivity contribution in [1.82, 2.24) is 34.1 Å². The summed E-state index contributed by atoms with van der Waals surface area (Å²) in [5.41, 5.74) is 20.1. The van der Waals surface area contributed by atoms with Crippen molar-refractivity contribution in [1.29, 1.82) is 0 Å². The Balaban J connectivity index is 1.20. The van der Waals surface area contributed by atoms with Crippen LogP contribution in [-0.2, 0) is 0 Å². The average molecular weight is 930 g/mol. The molecule has 7 nitrogen and oxygen atoms in total. The Morgan fingerprint density at radius 1 is 0.260 bits per heavy atom. The zero-order chi connectivity index (χ0) is 47.7. The fraction of sp³-hybridized carbons (Fsp3) is 0. The number of fused-ring (bicyclic) bond motifs is 13. The summed E-state index contributed by atoms with van der Waals surface area (Å²) in [4.78, 5) is 0. The maximum atomic E-state index is 4.80. The molecule has 0 amide bonds. The molecule has 2 aliphatic carbocycles. The first-order valence-corrected chi connectivity index (χ1v) is 24.7. The minimum Gasteiger partial charge on any atom is -0.308 e. The third kappa shape index (κ3) is 5.58. The summed E-state index contributed by atoms with van der Waals surface area (Å²) in [5, 5.41) is 28.0. The van der Waals surface area contributed by atoms with E-state index >= 15 is 0 Å². The van der Waals surface area contributed by atoms with E-state index in [1.165, 1.54) is 43.1 Å². The van der Waals surface area contributed by atoms with Gasteiger partial charge in [-0.15, -0.1) is 0 Å². The van der Waals surface area contributed by atoms with Gasteiger partial charge in [0, 0.05) is 78.1 Å². The molecule has 0 saturated carbocycles. The summed E-state index contributed by atoms with van der Waals surface area (Å²) in [5.74, 6) is 0. The molecule has 5 heterocycles. The molecule has 0 spiro atoms. The second kappa shape index (κ2) is 15.3. The van der Waals surface area contributed by atoms with Crippen molar-refractivity contribution in [2.24, 2.45) is 0 Å². The van der Waals surface area contributed by atoms with Crippen LogP contribution in [0.1, 0.15) is 16.7 Å². The van der Waals surface area contributed by atoms with Crippen LogP contribution in [0.5, 0.6) is 0 Å². The van der Waals surface area contributed by atoms with Crippen LogP contribution in [0.3, 0.4) is 0 Å². The normalized spacial score (nSPS) is 13.6. The molecular weight excluding hydrogens is 891 g/mol. The quantitative estimate of drug-likeness (QED) is 0.167. The van der Waals surface area contributed by atoms with Crippen molar-refractivity contribution in [3.8, 4) is 22.5 Å². The molecule has 0 saturated heterocycles. The van der Waals surface area contributed by atoms with Crippen LogP contribution in [0.15, 0.2) is 242 Å². The number of hydrogen-bond acceptors (Lipinski definition) is 4. The van der Waals surface area contributed by atoms with E-state index in [0.29, 0.717) is 0 Å². The van der Waals surface area contributed by atoms with Gasteiger partial charge in [-0.1, -0.05) is 146 Å². The van der Waals surface area contributed by atoms with Crippen LogP contribution in [0.4, 0.5) is 0 Å². The molecule has 0 unspecified atom stereocenters. The SMILES string of the molecule is c1cnnc(-c2cc3c(cc2-c2cccnn2)C(n2c4ccccc4c4ccccc42)=C2C3=C(c3ccc4ccccc4c3)C(n3c4ccccc4c4ccccc43)=C2n2c3ccccc3c3ccccc32)c1. The van der Waals surface area contributed by atoms with Gasteiger partial charge < -0.3 is 13.7 Å². The molecule has 338 valence electrons. The third-order valence-corrected chi connectivity index (χ3v) is 15.3.